The van der Waals surface area contributed by atoms with Crippen LogP contribution in [0.25, 0.3) is 0 Å². The summed E-state index contributed by atoms with van der Waals surface area (Å²) in [5.41, 5.74) is 0.404. The molecule has 0 aliphatic carbocycles. The summed E-state index contributed by atoms with van der Waals surface area (Å²) >= 11 is 5.99. The monoisotopic (exact) mass is 494 g/mol. The van der Waals surface area contributed by atoms with Gasteiger partial charge in [0.05, 0.1) is 38.2 Å². The average molecular weight is 495 g/mol. The van der Waals surface area contributed by atoms with E-state index in [4.69, 9.17) is 25.8 Å². The third-order valence-electron chi connectivity index (χ3n) is 4.88. The standard InChI is InChI=1S/C22H23ClN2O7S/c1-4-32-15-8-5-13(6-9-15)20-19(21(26)31-3)16(24-22(27)25-20)12-33(28,29)18-11-14(23)7-10-17(18)30-2/h5-11,20H,4,12H2,1-3H3,(H2,24,25,27)/t20-/m0/s1. The van der Waals surface area contributed by atoms with Crippen molar-refractivity contribution in [3.05, 3.63) is 64.3 Å². The highest BCUT2D eigenvalue weighted by Crippen LogP contribution is 2.33. The molecule has 2 aromatic rings. The largest absolute Gasteiger partial charge is 0.495 e. The maximum atomic E-state index is 13.2. The number of benzene rings is 2. The van der Waals surface area contributed by atoms with Crippen LogP contribution >= 0.6 is 11.6 Å². The molecule has 0 unspecified atom stereocenters. The highest BCUT2D eigenvalue weighted by molar-refractivity contribution is 7.91. The fourth-order valence-electron chi connectivity index (χ4n) is 3.42. The first-order valence-electron chi connectivity index (χ1n) is 9.88. The maximum Gasteiger partial charge on any atom is 0.338 e. The quantitative estimate of drug-likeness (QED) is 0.541. The van der Waals surface area contributed by atoms with Gasteiger partial charge < -0.3 is 24.8 Å². The fraction of sp³-hybridized carbons (Fsp3) is 0.273. The molecule has 2 aromatic carbocycles. The van der Waals surface area contributed by atoms with E-state index < -0.39 is 33.6 Å². The summed E-state index contributed by atoms with van der Waals surface area (Å²) in [7, 11) is -1.58. The van der Waals surface area contributed by atoms with Crippen LogP contribution < -0.4 is 20.1 Å². The van der Waals surface area contributed by atoms with Gasteiger partial charge in [-0.1, -0.05) is 23.7 Å². The molecule has 0 radical (unpaired) electrons. The Labute approximate surface area is 196 Å². The van der Waals surface area contributed by atoms with Gasteiger partial charge in [-0.25, -0.2) is 18.0 Å². The number of methoxy groups -OCH3 is 2. The van der Waals surface area contributed by atoms with Crippen molar-refractivity contribution in [3.8, 4) is 11.5 Å². The number of carbonyl (C=O) groups excluding carboxylic acids is 2. The number of ether oxygens (including phenoxy) is 3. The van der Waals surface area contributed by atoms with Crippen LogP contribution in [0.5, 0.6) is 11.5 Å². The smallest absolute Gasteiger partial charge is 0.338 e. The van der Waals surface area contributed by atoms with Gasteiger partial charge in [0.15, 0.2) is 9.84 Å². The van der Waals surface area contributed by atoms with E-state index in [0.717, 1.165) is 0 Å². The molecule has 11 heteroatoms. The molecule has 9 nitrogen and oxygen atoms in total. The van der Waals surface area contributed by atoms with Crippen molar-refractivity contribution >= 4 is 33.4 Å². The van der Waals surface area contributed by atoms with Crippen LogP contribution in [0.3, 0.4) is 0 Å². The molecule has 0 saturated heterocycles. The predicted molar refractivity (Wildman–Crippen MR) is 121 cm³/mol. The lowest BCUT2D eigenvalue weighted by Gasteiger charge is -2.29. The molecule has 176 valence electrons. The van der Waals surface area contributed by atoms with E-state index in [-0.39, 0.29) is 26.9 Å². The summed E-state index contributed by atoms with van der Waals surface area (Å²) in [5, 5.41) is 5.28. The first kappa shape index (κ1) is 24.4. The van der Waals surface area contributed by atoms with Crippen LogP contribution in [0, 0.1) is 0 Å². The van der Waals surface area contributed by atoms with E-state index in [2.05, 4.69) is 10.6 Å². The van der Waals surface area contributed by atoms with Crippen molar-refractivity contribution in [2.45, 2.75) is 17.9 Å². The molecule has 0 saturated carbocycles. The van der Waals surface area contributed by atoms with Crippen LogP contribution in [0.2, 0.25) is 5.02 Å². The number of carbonyl (C=O) groups is 2. The minimum absolute atomic E-state index is 0.0363. The van der Waals surface area contributed by atoms with E-state index in [1.54, 1.807) is 24.3 Å². The minimum atomic E-state index is -4.08. The van der Waals surface area contributed by atoms with E-state index in [1.807, 2.05) is 6.92 Å². The van der Waals surface area contributed by atoms with Gasteiger partial charge in [0.2, 0.25) is 0 Å². The number of esters is 1. The molecular weight excluding hydrogens is 472 g/mol. The van der Waals surface area contributed by atoms with Crippen molar-refractivity contribution < 1.29 is 32.2 Å². The second-order valence-electron chi connectivity index (χ2n) is 6.97. The lowest BCUT2D eigenvalue weighted by atomic mass is 9.95. The van der Waals surface area contributed by atoms with Crippen molar-refractivity contribution in [1.29, 1.82) is 0 Å². The average Bonchev–Trinajstić information content (AvgIpc) is 2.78. The summed E-state index contributed by atoms with van der Waals surface area (Å²) in [6, 6.07) is 9.30. The molecule has 0 aromatic heterocycles. The lowest BCUT2D eigenvalue weighted by Crippen LogP contribution is -2.47. The van der Waals surface area contributed by atoms with Crippen LogP contribution in [0.15, 0.2) is 58.6 Å². The summed E-state index contributed by atoms with van der Waals surface area (Å²) < 4.78 is 42.0. The predicted octanol–water partition coefficient (Wildman–Crippen LogP) is 3.00. The molecule has 0 fully saturated rings. The molecule has 0 spiro atoms. The van der Waals surface area contributed by atoms with Crippen molar-refractivity contribution in [2.75, 3.05) is 26.6 Å². The zero-order chi connectivity index (χ0) is 24.2. The molecule has 1 aliphatic rings. The number of hydrogen-bond acceptors (Lipinski definition) is 7. The Morgan fingerprint density at radius 1 is 1.12 bits per heavy atom. The number of urea groups is 1. The Morgan fingerprint density at radius 2 is 1.82 bits per heavy atom. The van der Waals surface area contributed by atoms with Crippen molar-refractivity contribution in [1.82, 2.24) is 10.6 Å². The van der Waals surface area contributed by atoms with Crippen LogP contribution in [0.4, 0.5) is 4.79 Å². The maximum absolute atomic E-state index is 13.2. The van der Waals surface area contributed by atoms with Gasteiger partial charge in [0, 0.05) is 10.7 Å². The van der Waals surface area contributed by atoms with Crippen LogP contribution in [-0.4, -0.2) is 47.0 Å². The Hall–Kier alpha value is -3.24. The third-order valence-corrected chi connectivity index (χ3v) is 6.77. The molecular formula is C22H23ClN2O7S. The van der Waals surface area contributed by atoms with Crippen molar-refractivity contribution in [3.63, 3.8) is 0 Å². The molecule has 3 rings (SSSR count). The van der Waals surface area contributed by atoms with E-state index >= 15 is 0 Å². The fourth-order valence-corrected chi connectivity index (χ4v) is 5.18. The van der Waals surface area contributed by atoms with E-state index in [1.165, 1.54) is 32.4 Å². The molecule has 2 N–H and O–H groups in total. The van der Waals surface area contributed by atoms with Gasteiger partial charge in [0.1, 0.15) is 16.4 Å². The lowest BCUT2D eigenvalue weighted by molar-refractivity contribution is -0.136. The second-order valence-corrected chi connectivity index (χ2v) is 9.37. The SMILES string of the molecule is CCOc1ccc([C@@H]2NC(=O)NC(CS(=O)(=O)c3cc(Cl)ccc3OC)=C2C(=O)OC)cc1. The first-order chi connectivity index (χ1) is 15.7. The normalized spacial score (nSPS) is 16.0. The molecule has 0 bridgehead atoms. The highest BCUT2D eigenvalue weighted by Gasteiger charge is 2.36. The van der Waals surface area contributed by atoms with Gasteiger partial charge in [-0.05, 0) is 42.8 Å². The molecule has 2 amide bonds. The van der Waals surface area contributed by atoms with Gasteiger partial charge in [0.25, 0.3) is 0 Å². The van der Waals surface area contributed by atoms with E-state index in [0.29, 0.717) is 17.9 Å². The molecule has 1 heterocycles. The van der Waals surface area contributed by atoms with Crippen LogP contribution in [0.1, 0.15) is 18.5 Å². The number of sulfone groups is 1. The molecule has 1 aliphatic heterocycles. The highest BCUT2D eigenvalue weighted by atomic mass is 35.5. The first-order valence-corrected chi connectivity index (χ1v) is 11.9. The topological polar surface area (TPSA) is 120 Å². The Kier molecular flexibility index (Phi) is 7.50. The number of hydrogen-bond donors (Lipinski definition) is 2. The van der Waals surface area contributed by atoms with Gasteiger partial charge >= 0.3 is 12.0 Å². The zero-order valence-electron chi connectivity index (χ0n) is 18.2. The molecule has 1 atom stereocenters. The minimum Gasteiger partial charge on any atom is -0.495 e. The van der Waals surface area contributed by atoms with Gasteiger partial charge in [-0.15, -0.1) is 0 Å². The van der Waals surface area contributed by atoms with Gasteiger partial charge in [-0.3, -0.25) is 0 Å². The zero-order valence-corrected chi connectivity index (χ0v) is 19.7. The Bertz CT molecular complexity index is 1190. The summed E-state index contributed by atoms with van der Waals surface area (Å²) in [5.74, 6) is -0.775. The van der Waals surface area contributed by atoms with Crippen molar-refractivity contribution in [2.24, 2.45) is 0 Å². The van der Waals surface area contributed by atoms with Crippen LogP contribution in [-0.2, 0) is 19.4 Å². The Morgan fingerprint density at radius 3 is 2.42 bits per heavy atom. The van der Waals surface area contributed by atoms with Gasteiger partial charge in [-0.2, -0.15) is 0 Å². The number of nitrogens with one attached hydrogen (secondary N) is 2. The number of rotatable bonds is 8. The number of halogens is 1. The molecule has 33 heavy (non-hydrogen) atoms. The summed E-state index contributed by atoms with van der Waals surface area (Å²) in [6.45, 7) is 2.33. The van der Waals surface area contributed by atoms with E-state index in [9.17, 15) is 18.0 Å². The Balaban J connectivity index is 2.09. The number of amides is 2. The summed E-state index contributed by atoms with van der Waals surface area (Å²) in [4.78, 5) is 24.9. The summed E-state index contributed by atoms with van der Waals surface area (Å²) in [6.07, 6.45) is 0. The third kappa shape index (κ3) is 5.40. The second kappa shape index (κ2) is 10.1.